The van der Waals surface area contributed by atoms with Crippen molar-refractivity contribution in [3.8, 4) is 0 Å². The highest BCUT2D eigenvalue weighted by atomic mass is 35.5. The van der Waals surface area contributed by atoms with Gasteiger partial charge in [-0.25, -0.2) is 4.68 Å². The van der Waals surface area contributed by atoms with E-state index in [0.29, 0.717) is 49.6 Å². The number of benzene rings is 3. The molecule has 0 bridgehead atoms. The molecule has 1 aliphatic heterocycles. The van der Waals surface area contributed by atoms with E-state index in [2.05, 4.69) is 21.0 Å². The van der Waals surface area contributed by atoms with Gasteiger partial charge in [0.2, 0.25) is 0 Å². The molecular weight excluding hydrogens is 509 g/mol. The molecule has 37 heavy (non-hydrogen) atoms. The van der Waals surface area contributed by atoms with Gasteiger partial charge in [-0.1, -0.05) is 59.1 Å². The number of hydrogen-bond acceptors (Lipinski definition) is 4. The second-order valence-corrected chi connectivity index (χ2v) is 9.56. The van der Waals surface area contributed by atoms with Gasteiger partial charge in [-0.2, -0.15) is 5.10 Å². The van der Waals surface area contributed by atoms with Crippen LogP contribution < -0.4 is 16.0 Å². The smallest absolute Gasteiger partial charge is 0.261 e. The predicted octanol–water partition coefficient (Wildman–Crippen LogP) is 6.68. The van der Waals surface area contributed by atoms with Gasteiger partial charge in [0.05, 0.1) is 11.8 Å². The van der Waals surface area contributed by atoms with Crippen LogP contribution in [0.4, 0.5) is 17.2 Å². The van der Waals surface area contributed by atoms with E-state index in [1.807, 2.05) is 49.4 Å². The molecule has 7 nitrogen and oxygen atoms in total. The maximum atomic E-state index is 13.6. The summed E-state index contributed by atoms with van der Waals surface area (Å²) in [5.74, 6) is -0.184. The molecular formula is C28H23Cl2N5O2. The lowest BCUT2D eigenvalue weighted by Gasteiger charge is -2.30. The van der Waals surface area contributed by atoms with Gasteiger partial charge >= 0.3 is 0 Å². The first-order valence-electron chi connectivity index (χ1n) is 11.6. The lowest BCUT2D eigenvalue weighted by atomic mass is 9.94. The van der Waals surface area contributed by atoms with Crippen molar-refractivity contribution in [1.29, 1.82) is 0 Å². The number of rotatable bonds is 5. The maximum Gasteiger partial charge on any atom is 0.261 e. The quantitative estimate of drug-likeness (QED) is 0.268. The van der Waals surface area contributed by atoms with Crippen molar-refractivity contribution in [3.63, 3.8) is 0 Å². The molecule has 4 aromatic rings. The molecule has 0 spiro atoms. The van der Waals surface area contributed by atoms with Gasteiger partial charge in [-0.15, -0.1) is 0 Å². The van der Waals surface area contributed by atoms with Crippen molar-refractivity contribution in [2.45, 2.75) is 19.9 Å². The van der Waals surface area contributed by atoms with Crippen molar-refractivity contribution in [2.24, 2.45) is 0 Å². The van der Waals surface area contributed by atoms with E-state index >= 15 is 0 Å². The Morgan fingerprint density at radius 1 is 0.865 bits per heavy atom. The van der Waals surface area contributed by atoms with Crippen LogP contribution in [0.3, 0.4) is 0 Å². The van der Waals surface area contributed by atoms with Gasteiger partial charge in [-0.3, -0.25) is 9.59 Å². The van der Waals surface area contributed by atoms with Crippen molar-refractivity contribution in [1.82, 2.24) is 9.78 Å². The summed E-state index contributed by atoms with van der Waals surface area (Å²) in [4.78, 5) is 26.8. The fraction of sp³-hybridized carbons (Fsp3) is 0.107. The molecule has 3 aromatic carbocycles. The van der Waals surface area contributed by atoms with Crippen LogP contribution in [0.2, 0.25) is 10.0 Å². The predicted molar refractivity (Wildman–Crippen MR) is 147 cm³/mol. The van der Waals surface area contributed by atoms with Gasteiger partial charge in [0, 0.05) is 32.7 Å². The van der Waals surface area contributed by atoms with Crippen LogP contribution in [0.25, 0.3) is 0 Å². The molecule has 1 aromatic heterocycles. The van der Waals surface area contributed by atoms with E-state index in [1.54, 1.807) is 41.9 Å². The summed E-state index contributed by atoms with van der Waals surface area (Å²) in [5, 5.41) is 14.6. The molecule has 2 heterocycles. The van der Waals surface area contributed by atoms with Gasteiger partial charge in [-0.05, 0) is 56.3 Å². The number of aromatic nitrogens is 2. The normalized spacial score (nSPS) is 14.5. The Hall–Kier alpha value is -4.07. The number of halogens is 2. The highest BCUT2D eigenvalue weighted by molar-refractivity contribution is 6.31. The molecule has 0 saturated heterocycles. The van der Waals surface area contributed by atoms with Crippen LogP contribution in [0.1, 0.15) is 34.5 Å². The molecule has 0 fully saturated rings. The van der Waals surface area contributed by atoms with E-state index in [9.17, 15) is 9.59 Å². The average Bonchev–Trinajstić information content (AvgIpc) is 3.30. The standard InChI is InChI=1S/C28H23Cl2N5O2/c1-16-7-11-19(12-8-16)33-27(36)22-15-31-35-25(21-5-3-4-6-23(21)30)24(17(2)32-26(22)35)28(37)34-20-13-9-18(29)10-14-20/h3-15,25,32H,1-2H3,(H,33,36)(H,34,37)/t25-/m0/s1. The van der Waals surface area contributed by atoms with Crippen molar-refractivity contribution >= 4 is 52.2 Å². The number of fused-ring (bicyclic) bond motifs is 1. The minimum absolute atomic E-state index is 0.322. The molecule has 1 atom stereocenters. The molecule has 186 valence electrons. The number of carbonyl (C=O) groups excluding carboxylic acids is 2. The van der Waals surface area contributed by atoms with Crippen molar-refractivity contribution in [3.05, 3.63) is 117 Å². The first-order chi connectivity index (χ1) is 17.8. The molecule has 5 rings (SSSR count). The largest absolute Gasteiger partial charge is 0.343 e. The zero-order chi connectivity index (χ0) is 26.1. The monoisotopic (exact) mass is 531 g/mol. The molecule has 0 aliphatic carbocycles. The summed E-state index contributed by atoms with van der Waals surface area (Å²) in [5.41, 5.74) is 4.38. The number of nitrogens with one attached hydrogen (secondary N) is 3. The van der Waals surface area contributed by atoms with Crippen molar-refractivity contribution in [2.75, 3.05) is 16.0 Å². The fourth-order valence-corrected chi connectivity index (χ4v) is 4.63. The van der Waals surface area contributed by atoms with Crippen molar-refractivity contribution < 1.29 is 9.59 Å². The third kappa shape index (κ3) is 4.96. The Bertz CT molecular complexity index is 1530. The zero-order valence-electron chi connectivity index (χ0n) is 20.0. The number of anilines is 3. The average molecular weight is 532 g/mol. The minimum atomic E-state index is -0.668. The van der Waals surface area contributed by atoms with E-state index in [-0.39, 0.29) is 11.8 Å². The van der Waals surface area contributed by atoms with E-state index in [4.69, 9.17) is 23.2 Å². The SMILES string of the molecule is CC1=C(C(=O)Nc2ccc(Cl)cc2)[C@H](c2ccccc2Cl)n2ncc(C(=O)Nc3ccc(C)cc3)c2N1. The Morgan fingerprint density at radius 3 is 2.16 bits per heavy atom. The number of aryl methyl sites for hydroxylation is 1. The van der Waals surface area contributed by atoms with Crippen LogP contribution in [0.15, 0.2) is 90.3 Å². The summed E-state index contributed by atoms with van der Waals surface area (Å²) < 4.78 is 1.62. The van der Waals surface area contributed by atoms with E-state index in [0.717, 1.165) is 5.56 Å². The molecule has 3 N–H and O–H groups in total. The lowest BCUT2D eigenvalue weighted by Crippen LogP contribution is -2.32. The first-order valence-corrected chi connectivity index (χ1v) is 12.3. The van der Waals surface area contributed by atoms with Crippen LogP contribution >= 0.6 is 23.2 Å². The highest BCUT2D eigenvalue weighted by Crippen LogP contribution is 2.40. The van der Waals surface area contributed by atoms with Crippen LogP contribution in [0.5, 0.6) is 0 Å². The number of nitrogens with zero attached hydrogens (tertiary/aromatic N) is 2. The number of carbonyl (C=O) groups is 2. The number of amides is 2. The van der Waals surface area contributed by atoms with Gasteiger partial charge in [0.15, 0.2) is 0 Å². The number of hydrogen-bond donors (Lipinski definition) is 3. The fourth-order valence-electron chi connectivity index (χ4n) is 4.27. The summed E-state index contributed by atoms with van der Waals surface area (Å²) in [6, 6.07) is 21.0. The second-order valence-electron chi connectivity index (χ2n) is 8.72. The number of allylic oxidation sites excluding steroid dienone is 1. The molecule has 9 heteroatoms. The first kappa shape index (κ1) is 24.6. The highest BCUT2D eigenvalue weighted by Gasteiger charge is 2.36. The maximum absolute atomic E-state index is 13.6. The zero-order valence-corrected chi connectivity index (χ0v) is 21.6. The van der Waals surface area contributed by atoms with Crippen LogP contribution in [0, 0.1) is 6.92 Å². The molecule has 0 radical (unpaired) electrons. The van der Waals surface area contributed by atoms with Gasteiger partial charge < -0.3 is 16.0 Å². The molecule has 2 amide bonds. The van der Waals surface area contributed by atoms with Crippen LogP contribution in [-0.4, -0.2) is 21.6 Å². The summed E-state index contributed by atoms with van der Waals surface area (Å²) in [6.45, 7) is 3.77. The summed E-state index contributed by atoms with van der Waals surface area (Å²) in [7, 11) is 0. The van der Waals surface area contributed by atoms with Gasteiger partial charge in [0.25, 0.3) is 11.8 Å². The molecule has 0 saturated carbocycles. The van der Waals surface area contributed by atoms with Gasteiger partial charge in [0.1, 0.15) is 17.4 Å². The molecule has 0 unspecified atom stereocenters. The minimum Gasteiger partial charge on any atom is -0.343 e. The third-order valence-corrected chi connectivity index (χ3v) is 6.72. The Balaban J connectivity index is 1.54. The summed E-state index contributed by atoms with van der Waals surface area (Å²) >= 11 is 12.6. The Kier molecular flexibility index (Phi) is 6.74. The Labute approximate surface area is 224 Å². The second kappa shape index (κ2) is 10.1. The lowest BCUT2D eigenvalue weighted by molar-refractivity contribution is -0.113. The Morgan fingerprint density at radius 2 is 1.49 bits per heavy atom. The van der Waals surface area contributed by atoms with E-state index < -0.39 is 6.04 Å². The molecule has 1 aliphatic rings. The third-order valence-electron chi connectivity index (χ3n) is 6.12. The summed E-state index contributed by atoms with van der Waals surface area (Å²) in [6.07, 6.45) is 1.49. The topological polar surface area (TPSA) is 88.0 Å². The van der Waals surface area contributed by atoms with E-state index in [1.165, 1.54) is 6.20 Å². The van der Waals surface area contributed by atoms with Crippen LogP contribution in [-0.2, 0) is 4.79 Å².